The molecule has 3 heteroatoms. The van der Waals surface area contributed by atoms with Crippen LogP contribution in [0.5, 0.6) is 0 Å². The molecule has 0 aromatic heterocycles. The highest BCUT2D eigenvalue weighted by atomic mass is 16.2. The van der Waals surface area contributed by atoms with Crippen LogP contribution in [0.4, 0.5) is 0 Å². The lowest BCUT2D eigenvalue weighted by atomic mass is 10.3. The van der Waals surface area contributed by atoms with Crippen molar-refractivity contribution in [3.05, 3.63) is 12.2 Å². The summed E-state index contributed by atoms with van der Waals surface area (Å²) in [6, 6.07) is 0. The van der Waals surface area contributed by atoms with Gasteiger partial charge in [-0.3, -0.25) is 4.79 Å². The van der Waals surface area contributed by atoms with Gasteiger partial charge in [0.15, 0.2) is 0 Å². The molecular weight excluding hydrogens is 142 g/mol. The molecule has 0 heterocycles. The molecule has 0 aromatic rings. The fraction of sp³-hybridized carbons (Fsp3) is 0.500. The third-order valence-electron chi connectivity index (χ3n) is 1.20. The maximum absolute atomic E-state index is 10.8. The zero-order valence-electron chi connectivity index (χ0n) is 6.96. The minimum Gasteiger partial charge on any atom is -0.332 e. The van der Waals surface area contributed by atoms with Gasteiger partial charge < -0.3 is 9.69 Å². The van der Waals surface area contributed by atoms with E-state index in [1.807, 2.05) is 6.92 Å². The molecule has 0 aromatic carbocycles. The molecule has 0 aliphatic carbocycles. The predicted molar refractivity (Wildman–Crippen MR) is 43.1 cm³/mol. The maximum Gasteiger partial charge on any atom is 0.220 e. The highest BCUT2D eigenvalue weighted by Crippen LogP contribution is 1.94. The van der Waals surface area contributed by atoms with Crippen LogP contribution in [-0.4, -0.2) is 30.2 Å². The van der Waals surface area contributed by atoms with Gasteiger partial charge in [0.25, 0.3) is 0 Å². The average Bonchev–Trinajstić information content (AvgIpc) is 1.86. The Bertz CT molecular complexity index is 175. The number of nitrogens with zero attached hydrogens (tertiary/aromatic N) is 1. The molecule has 62 valence electrons. The molecule has 0 atom stereocenters. The quantitative estimate of drug-likeness (QED) is 0.440. The van der Waals surface area contributed by atoms with Gasteiger partial charge in [-0.15, -0.1) is 0 Å². The van der Waals surface area contributed by atoms with E-state index in [9.17, 15) is 9.59 Å². The van der Waals surface area contributed by atoms with Gasteiger partial charge in [-0.1, -0.05) is 12.2 Å². The minimum atomic E-state index is -0.0971. The summed E-state index contributed by atoms with van der Waals surface area (Å²) in [4.78, 5) is 22.3. The Balaban J connectivity index is 3.99. The first-order valence-corrected chi connectivity index (χ1v) is 3.41. The van der Waals surface area contributed by atoms with Gasteiger partial charge in [0.2, 0.25) is 5.91 Å². The standard InChI is InChI=1S/C8H13NO2/c1-7(2)6-9(4-5-10)8(3)11/h5H,1,4,6H2,2-3H3. The predicted octanol–water partition coefficient (Wildman–Crippen LogP) is 0.610. The number of amides is 1. The summed E-state index contributed by atoms with van der Waals surface area (Å²) in [5.41, 5.74) is 0.877. The van der Waals surface area contributed by atoms with Crippen molar-refractivity contribution in [1.82, 2.24) is 4.90 Å². The van der Waals surface area contributed by atoms with Crippen molar-refractivity contribution < 1.29 is 9.59 Å². The second-order valence-corrected chi connectivity index (χ2v) is 2.52. The lowest BCUT2D eigenvalue weighted by Gasteiger charge is -2.17. The molecule has 0 aliphatic heterocycles. The fourth-order valence-corrected chi connectivity index (χ4v) is 0.720. The van der Waals surface area contributed by atoms with Crippen LogP contribution >= 0.6 is 0 Å². The van der Waals surface area contributed by atoms with Crippen LogP contribution < -0.4 is 0 Å². The molecule has 0 aliphatic rings. The molecule has 0 fully saturated rings. The fourth-order valence-electron chi connectivity index (χ4n) is 0.720. The van der Waals surface area contributed by atoms with Crippen LogP contribution in [0.2, 0.25) is 0 Å². The molecular formula is C8H13NO2. The lowest BCUT2D eigenvalue weighted by Crippen LogP contribution is -2.31. The number of aldehydes is 1. The molecule has 0 spiro atoms. The second-order valence-electron chi connectivity index (χ2n) is 2.52. The van der Waals surface area contributed by atoms with Crippen molar-refractivity contribution in [2.24, 2.45) is 0 Å². The van der Waals surface area contributed by atoms with Crippen LogP contribution in [0.25, 0.3) is 0 Å². The molecule has 0 saturated heterocycles. The summed E-state index contributed by atoms with van der Waals surface area (Å²) in [7, 11) is 0. The van der Waals surface area contributed by atoms with Gasteiger partial charge in [0.1, 0.15) is 6.29 Å². The van der Waals surface area contributed by atoms with Crippen molar-refractivity contribution in [3.63, 3.8) is 0 Å². The summed E-state index contributed by atoms with van der Waals surface area (Å²) in [6.07, 6.45) is 0.713. The normalized spacial score (nSPS) is 8.91. The molecule has 0 radical (unpaired) electrons. The first-order valence-electron chi connectivity index (χ1n) is 3.41. The van der Waals surface area contributed by atoms with E-state index >= 15 is 0 Å². The van der Waals surface area contributed by atoms with Gasteiger partial charge in [0.05, 0.1) is 6.54 Å². The van der Waals surface area contributed by atoms with Crippen LogP contribution in [0.15, 0.2) is 12.2 Å². The largest absolute Gasteiger partial charge is 0.332 e. The topological polar surface area (TPSA) is 37.4 Å². The number of carbonyl (C=O) groups is 2. The Morgan fingerprint density at radius 2 is 2.09 bits per heavy atom. The molecule has 1 amide bonds. The zero-order chi connectivity index (χ0) is 8.85. The maximum atomic E-state index is 10.8. The van der Waals surface area contributed by atoms with E-state index in [1.165, 1.54) is 11.8 Å². The number of hydrogen-bond acceptors (Lipinski definition) is 2. The van der Waals surface area contributed by atoms with Crippen molar-refractivity contribution in [2.45, 2.75) is 13.8 Å². The second kappa shape index (κ2) is 4.66. The van der Waals surface area contributed by atoms with Gasteiger partial charge in [-0.05, 0) is 6.92 Å². The van der Waals surface area contributed by atoms with Crippen molar-refractivity contribution >= 4 is 12.2 Å². The highest BCUT2D eigenvalue weighted by molar-refractivity contribution is 5.76. The van der Waals surface area contributed by atoms with Gasteiger partial charge in [-0.2, -0.15) is 0 Å². The third kappa shape index (κ3) is 4.31. The summed E-state index contributed by atoms with van der Waals surface area (Å²) in [5.74, 6) is -0.0971. The van der Waals surface area contributed by atoms with Gasteiger partial charge in [-0.25, -0.2) is 0 Å². The van der Waals surface area contributed by atoms with E-state index in [0.717, 1.165) is 5.57 Å². The van der Waals surface area contributed by atoms with E-state index in [0.29, 0.717) is 12.8 Å². The van der Waals surface area contributed by atoms with E-state index in [2.05, 4.69) is 6.58 Å². The van der Waals surface area contributed by atoms with Gasteiger partial charge in [0, 0.05) is 13.5 Å². The number of carbonyl (C=O) groups excluding carboxylic acids is 2. The van der Waals surface area contributed by atoms with Crippen LogP contribution in [0.1, 0.15) is 13.8 Å². The van der Waals surface area contributed by atoms with Gasteiger partial charge >= 0.3 is 0 Å². The Kier molecular flexibility index (Phi) is 4.18. The van der Waals surface area contributed by atoms with Crippen LogP contribution in [0.3, 0.4) is 0 Å². The highest BCUT2D eigenvalue weighted by Gasteiger charge is 2.06. The molecule has 3 nitrogen and oxygen atoms in total. The molecule has 0 unspecified atom stereocenters. The molecule has 0 saturated carbocycles. The van der Waals surface area contributed by atoms with Crippen LogP contribution in [0, 0.1) is 0 Å². The number of rotatable bonds is 4. The Labute approximate surface area is 66.7 Å². The monoisotopic (exact) mass is 155 g/mol. The summed E-state index contributed by atoms with van der Waals surface area (Å²) in [5, 5.41) is 0. The molecule has 0 bridgehead atoms. The first kappa shape index (κ1) is 9.88. The average molecular weight is 155 g/mol. The van der Waals surface area contributed by atoms with Crippen molar-refractivity contribution in [1.29, 1.82) is 0 Å². The van der Waals surface area contributed by atoms with E-state index in [-0.39, 0.29) is 12.5 Å². The Morgan fingerprint density at radius 3 is 2.36 bits per heavy atom. The molecule has 0 rings (SSSR count). The Hall–Kier alpha value is -1.12. The van der Waals surface area contributed by atoms with E-state index in [1.54, 1.807) is 0 Å². The Morgan fingerprint density at radius 1 is 1.55 bits per heavy atom. The smallest absolute Gasteiger partial charge is 0.220 e. The van der Waals surface area contributed by atoms with Crippen molar-refractivity contribution in [2.75, 3.05) is 13.1 Å². The summed E-state index contributed by atoms with van der Waals surface area (Å²) >= 11 is 0. The lowest BCUT2D eigenvalue weighted by molar-refractivity contribution is -0.130. The third-order valence-corrected chi connectivity index (χ3v) is 1.20. The minimum absolute atomic E-state index is 0.0971. The number of hydrogen-bond donors (Lipinski definition) is 0. The zero-order valence-corrected chi connectivity index (χ0v) is 6.96. The van der Waals surface area contributed by atoms with E-state index < -0.39 is 0 Å². The van der Waals surface area contributed by atoms with E-state index in [4.69, 9.17) is 0 Å². The molecule has 11 heavy (non-hydrogen) atoms. The van der Waals surface area contributed by atoms with Crippen LogP contribution in [-0.2, 0) is 9.59 Å². The SMILES string of the molecule is C=C(C)CN(CC=O)C(C)=O. The summed E-state index contributed by atoms with van der Waals surface area (Å²) < 4.78 is 0. The summed E-state index contributed by atoms with van der Waals surface area (Å²) in [6.45, 7) is 7.53. The van der Waals surface area contributed by atoms with Crippen molar-refractivity contribution in [3.8, 4) is 0 Å². The molecule has 0 N–H and O–H groups in total. The first-order chi connectivity index (χ1) is 5.07.